The van der Waals surface area contributed by atoms with Crippen molar-refractivity contribution in [3.63, 3.8) is 0 Å². The molecule has 0 spiro atoms. The Bertz CT molecular complexity index is 1190. The number of anilines is 1. The molecule has 4 rings (SSSR count). The lowest BCUT2D eigenvalue weighted by Gasteiger charge is -2.27. The minimum Gasteiger partial charge on any atom is -0.504 e. The Hall–Kier alpha value is -3.20. The first-order chi connectivity index (χ1) is 16.5. The van der Waals surface area contributed by atoms with Gasteiger partial charge in [0.25, 0.3) is 5.56 Å². The molecule has 0 amide bonds. The molecule has 0 radical (unpaired) electrons. The molecule has 1 aromatic carbocycles. The van der Waals surface area contributed by atoms with Crippen molar-refractivity contribution in [3.05, 3.63) is 68.7 Å². The number of hydrogen-bond donors (Lipinski definition) is 1. The number of ether oxygens (including phenoxy) is 2. The van der Waals surface area contributed by atoms with Crippen molar-refractivity contribution in [3.8, 4) is 0 Å². The molecule has 9 heteroatoms. The van der Waals surface area contributed by atoms with Gasteiger partial charge in [0.15, 0.2) is 0 Å². The number of rotatable bonds is 5. The molecular weight excluding hydrogens is 457 g/mol. The molecule has 0 bridgehead atoms. The van der Waals surface area contributed by atoms with Crippen LogP contribution in [0.1, 0.15) is 45.5 Å². The molecule has 1 aromatic heterocycles. The van der Waals surface area contributed by atoms with Gasteiger partial charge < -0.3 is 14.4 Å². The average molecular weight is 488 g/mol. The van der Waals surface area contributed by atoms with Gasteiger partial charge in [0, 0.05) is 30.8 Å². The summed E-state index contributed by atoms with van der Waals surface area (Å²) in [6.07, 6.45) is 8.14. The molecule has 1 aliphatic heterocycles. The number of methoxy groups -OCH3 is 2. The number of nitrogens with one attached hydrogen (secondary N) is 1. The van der Waals surface area contributed by atoms with Gasteiger partial charge in [0.1, 0.15) is 10.6 Å². The predicted molar refractivity (Wildman–Crippen MR) is 135 cm³/mol. The zero-order valence-electron chi connectivity index (χ0n) is 20.1. The first kappa shape index (κ1) is 25.4. The highest BCUT2D eigenvalue weighted by Crippen LogP contribution is 2.38. The Morgan fingerprint density at radius 3 is 2.62 bits per heavy atom. The maximum Gasteiger partial charge on any atom is 0.271 e. The Morgan fingerprint density at radius 1 is 1.26 bits per heavy atom. The summed E-state index contributed by atoms with van der Waals surface area (Å²) in [6.45, 7) is 2.71. The number of aromatic amines is 1. The van der Waals surface area contributed by atoms with Crippen LogP contribution in [-0.2, 0) is 15.9 Å². The second kappa shape index (κ2) is 11.3. The lowest BCUT2D eigenvalue weighted by atomic mass is 9.88. The second-order valence-corrected chi connectivity index (χ2v) is 8.71. The topological polar surface area (TPSA) is 84.0 Å². The maximum absolute atomic E-state index is 13.5. The maximum atomic E-state index is 13.5. The van der Waals surface area contributed by atoms with E-state index in [4.69, 9.17) is 9.47 Å². The number of carbonyl (C=O) groups is 1. The lowest BCUT2D eigenvalue weighted by Crippen LogP contribution is -2.32. The average Bonchev–Trinajstić information content (AvgIpc) is 3.61. The quantitative estimate of drug-likeness (QED) is 0.294. The molecule has 2 aliphatic rings. The van der Waals surface area contributed by atoms with Crippen LogP contribution in [0.4, 0.5) is 9.39 Å². The third kappa shape index (κ3) is 4.99. The molecule has 7 nitrogen and oxygen atoms in total. The van der Waals surface area contributed by atoms with E-state index in [0.29, 0.717) is 31.1 Å². The van der Waals surface area contributed by atoms with Crippen molar-refractivity contribution in [2.75, 3.05) is 39.9 Å². The molecule has 0 unspecified atom stereocenters. The Morgan fingerprint density at radius 2 is 2.00 bits per heavy atom. The number of aliphatic imine (C=N–C) groups is 1. The number of fused-ring (bicyclic) bond motifs is 2. The third-order valence-electron chi connectivity index (χ3n) is 5.87. The smallest absolute Gasteiger partial charge is 0.271 e. The van der Waals surface area contributed by atoms with Gasteiger partial charge in [-0.3, -0.25) is 23.3 Å². The van der Waals surface area contributed by atoms with Crippen molar-refractivity contribution in [2.24, 2.45) is 4.99 Å². The normalized spacial score (nSPS) is 16.3. The molecular formula is C25H30FN3O4S. The van der Waals surface area contributed by atoms with Crippen molar-refractivity contribution < 1.29 is 18.7 Å². The number of H-pyrrole nitrogens is 1. The minimum atomic E-state index is -0.305. The van der Waals surface area contributed by atoms with Crippen LogP contribution >= 0.6 is 11.5 Å². The van der Waals surface area contributed by atoms with E-state index in [0.717, 1.165) is 46.7 Å². The number of halogens is 1. The van der Waals surface area contributed by atoms with E-state index in [1.54, 1.807) is 33.6 Å². The summed E-state index contributed by atoms with van der Waals surface area (Å²) in [5, 5.41) is 0.778. The fourth-order valence-electron chi connectivity index (χ4n) is 4.18. The molecule has 34 heavy (non-hydrogen) atoms. The molecule has 1 aliphatic carbocycles. The van der Waals surface area contributed by atoms with Crippen LogP contribution in [0.3, 0.4) is 0 Å². The van der Waals surface area contributed by atoms with Crippen molar-refractivity contribution >= 4 is 33.8 Å². The highest BCUT2D eigenvalue weighted by atomic mass is 32.1. The van der Waals surface area contributed by atoms with Crippen LogP contribution in [0.25, 0.3) is 5.57 Å². The molecule has 1 fully saturated rings. The largest absolute Gasteiger partial charge is 0.504 e. The number of allylic oxidation sites excluding steroid dienone is 2. The zero-order valence-corrected chi connectivity index (χ0v) is 20.9. The van der Waals surface area contributed by atoms with Crippen LogP contribution in [0.5, 0.6) is 0 Å². The summed E-state index contributed by atoms with van der Waals surface area (Å²) in [5.74, 6) is 0.278. The summed E-state index contributed by atoms with van der Waals surface area (Å²) in [5.41, 5.74) is 4.10. The zero-order chi connectivity index (χ0) is 24.8. The van der Waals surface area contributed by atoms with Crippen molar-refractivity contribution in [1.29, 1.82) is 0 Å². The number of carbonyl (C=O) groups excluding carboxylic acids is 1. The molecule has 2 aromatic rings. The van der Waals surface area contributed by atoms with Crippen LogP contribution in [0, 0.1) is 6.92 Å². The number of alkyl halides is 1. The number of aryl methyl sites for hydroxylation is 1. The molecule has 0 saturated heterocycles. The predicted octanol–water partition coefficient (Wildman–Crippen LogP) is 4.30. The number of hydrogen-bond acceptors (Lipinski definition) is 7. The second-order valence-electron chi connectivity index (χ2n) is 7.92. The number of ketones is 1. The fourth-order valence-corrected chi connectivity index (χ4v) is 5.12. The molecule has 2 heterocycles. The van der Waals surface area contributed by atoms with Gasteiger partial charge in [-0.1, -0.05) is 0 Å². The summed E-state index contributed by atoms with van der Waals surface area (Å²) < 4.78 is 22.8. The van der Waals surface area contributed by atoms with Crippen LogP contribution in [0.15, 0.2) is 40.3 Å². The van der Waals surface area contributed by atoms with E-state index in [1.165, 1.54) is 11.5 Å². The summed E-state index contributed by atoms with van der Waals surface area (Å²) in [6, 6.07) is 4.33. The summed E-state index contributed by atoms with van der Waals surface area (Å²) >= 11 is 1.27. The Balaban J connectivity index is 0.00000158. The number of nitrogens with zero attached hydrogens (tertiary/aromatic N) is 2. The highest BCUT2D eigenvalue weighted by Gasteiger charge is 2.36. The summed E-state index contributed by atoms with van der Waals surface area (Å²) in [7, 11) is 5.35. The lowest BCUT2D eigenvalue weighted by molar-refractivity contribution is 0.103. The van der Waals surface area contributed by atoms with E-state index in [-0.39, 0.29) is 16.9 Å². The standard InChI is InChI=1S/C24H27N3O4S.CH3F/c1-14-12-19-15(13-18(14)17(6-5-11-30-3)23(25-2)31-4)9-10-27(16-7-8-16)24-20(21(19)28)22(29)26-32-24;1-2/h5-6,11-13,16H,7-10H2,1-4H3,(H,26,29);1H3/b11-5+,17-6-,25-23?;. The van der Waals surface area contributed by atoms with Crippen molar-refractivity contribution in [1.82, 2.24) is 4.37 Å². The van der Waals surface area contributed by atoms with Gasteiger partial charge in [0.05, 0.1) is 27.7 Å². The molecule has 1 saturated carbocycles. The third-order valence-corrected chi connectivity index (χ3v) is 6.79. The first-order valence-corrected chi connectivity index (χ1v) is 11.8. The first-order valence-electron chi connectivity index (χ1n) is 10.9. The van der Waals surface area contributed by atoms with Gasteiger partial charge in [0.2, 0.25) is 11.7 Å². The molecule has 1 N–H and O–H groups in total. The minimum absolute atomic E-state index is 0.210. The van der Waals surface area contributed by atoms with E-state index in [2.05, 4.69) is 14.3 Å². The van der Waals surface area contributed by atoms with Crippen LogP contribution in [-0.4, -0.2) is 57.1 Å². The van der Waals surface area contributed by atoms with Crippen LogP contribution < -0.4 is 10.5 Å². The molecule has 0 atom stereocenters. The van der Waals surface area contributed by atoms with E-state index >= 15 is 0 Å². The van der Waals surface area contributed by atoms with E-state index in [9.17, 15) is 14.0 Å². The van der Waals surface area contributed by atoms with E-state index < -0.39 is 0 Å². The van der Waals surface area contributed by atoms with Crippen molar-refractivity contribution in [2.45, 2.75) is 32.2 Å². The van der Waals surface area contributed by atoms with Gasteiger partial charge in [-0.15, -0.1) is 0 Å². The number of benzene rings is 1. The SMILES string of the molecule is CF.CN=C(OC)/C(=C\C=C\OC)c1cc2c(cc1C)C(=O)c1c(s[nH]c1=O)N(C1CC1)CC2. The number of aromatic nitrogens is 1. The van der Waals surface area contributed by atoms with Gasteiger partial charge in [-0.25, -0.2) is 0 Å². The fraction of sp³-hybridized carbons (Fsp3) is 0.400. The van der Waals surface area contributed by atoms with Gasteiger partial charge in [-0.2, -0.15) is 0 Å². The molecule has 182 valence electrons. The monoisotopic (exact) mass is 487 g/mol. The highest BCUT2D eigenvalue weighted by molar-refractivity contribution is 7.10. The summed E-state index contributed by atoms with van der Waals surface area (Å²) in [4.78, 5) is 32.6. The van der Waals surface area contributed by atoms with E-state index in [1.807, 2.05) is 25.1 Å². The van der Waals surface area contributed by atoms with Crippen LogP contribution in [0.2, 0.25) is 0 Å². The Labute approximate surface area is 202 Å². The van der Waals surface area contributed by atoms with Gasteiger partial charge in [-0.05, 0) is 78.7 Å². The van der Waals surface area contributed by atoms with Gasteiger partial charge >= 0.3 is 0 Å². The Kier molecular flexibility index (Phi) is 8.44.